The van der Waals surface area contributed by atoms with Gasteiger partial charge in [-0.15, -0.1) is 0 Å². The number of hydrogen-bond acceptors (Lipinski definition) is 8. The highest BCUT2D eigenvalue weighted by atomic mass is 32.2. The van der Waals surface area contributed by atoms with Crippen LogP contribution in [0.1, 0.15) is 97.7 Å². The topological polar surface area (TPSA) is 170 Å². The van der Waals surface area contributed by atoms with E-state index in [0.29, 0.717) is 19.6 Å². The van der Waals surface area contributed by atoms with Crippen molar-refractivity contribution >= 4 is 28.1 Å². The first-order chi connectivity index (χ1) is 30.3. The van der Waals surface area contributed by atoms with E-state index in [1.54, 1.807) is 12.1 Å². The molecule has 0 fully saturated rings. The standard InChI is InChI=1S/C31H31N5O3S.C14H25NO2.2C2H6.CH5N/c1-4-27-29(36-20-28(24-8-6-5-7-9-24)33-22(3)30(36)34-27)25-14-12-23(13-15-25)18-19-32-31(37)35-40(38,39)26-16-10-21(2)11-17-26;1-5-14(8-9-15-11-16)7-6-13(4)10-17-12(2)3;3*1-2/h5-17,20H,4,18-19H2,1-3H3,(H2,32,35,37);6-7,11-12H,5,8-10H2,1-4H3,(H,15,16);2*1-2H3;2H2,1H3/b;13-6+,14-7+;;;. The molecule has 0 unspecified atom stereocenters. The molecule has 0 atom stereocenters. The van der Waals surface area contributed by atoms with Crippen LogP contribution >= 0.6 is 0 Å². The molecule has 0 spiro atoms. The minimum atomic E-state index is -3.93. The highest BCUT2D eigenvalue weighted by molar-refractivity contribution is 7.90. The number of allylic oxidation sites excluding steroid dienone is 2. The first kappa shape index (κ1) is 55.4. The zero-order valence-electron chi connectivity index (χ0n) is 39.7. The van der Waals surface area contributed by atoms with E-state index in [1.165, 1.54) is 30.3 Å². The Morgan fingerprint density at radius 2 is 1.49 bits per heavy atom. The van der Waals surface area contributed by atoms with Gasteiger partial charge in [0.25, 0.3) is 10.0 Å². The highest BCUT2D eigenvalue weighted by Gasteiger charge is 2.18. The number of imidazole rings is 1. The van der Waals surface area contributed by atoms with E-state index < -0.39 is 16.1 Å². The van der Waals surface area contributed by atoms with E-state index in [1.807, 2.05) is 104 Å². The summed E-state index contributed by atoms with van der Waals surface area (Å²) in [4.78, 5) is 32.1. The second kappa shape index (κ2) is 30.4. The molecule has 0 aliphatic heterocycles. The van der Waals surface area contributed by atoms with Gasteiger partial charge in [0.05, 0.1) is 40.4 Å². The van der Waals surface area contributed by atoms with Gasteiger partial charge in [0.1, 0.15) is 0 Å². The fraction of sp³-hybridized carbons (Fsp3) is 0.400. The van der Waals surface area contributed by atoms with Crippen LogP contribution < -0.4 is 21.1 Å². The predicted octanol–water partition coefficient (Wildman–Crippen LogP) is 9.93. The average Bonchev–Trinajstić information content (AvgIpc) is 3.69. The molecule has 2 heterocycles. The van der Waals surface area contributed by atoms with Crippen LogP contribution in [0, 0.1) is 13.8 Å². The van der Waals surface area contributed by atoms with Crippen LogP contribution in [0.5, 0.6) is 0 Å². The number of nitrogens with two attached hydrogens (primary N) is 1. The number of fused-ring (bicyclic) bond motifs is 1. The van der Waals surface area contributed by atoms with Crippen LogP contribution in [0.2, 0.25) is 0 Å². The van der Waals surface area contributed by atoms with Gasteiger partial charge in [-0.25, -0.2) is 27.9 Å². The van der Waals surface area contributed by atoms with Crippen molar-refractivity contribution in [3.63, 3.8) is 0 Å². The molecule has 13 heteroatoms. The van der Waals surface area contributed by atoms with Crippen LogP contribution in [0.3, 0.4) is 0 Å². The summed E-state index contributed by atoms with van der Waals surface area (Å²) in [6.45, 7) is 23.9. The van der Waals surface area contributed by atoms with Crippen molar-refractivity contribution < 1.29 is 22.7 Å². The molecule has 5 rings (SSSR count). The number of hydrogen-bond donors (Lipinski definition) is 4. The van der Waals surface area contributed by atoms with Crippen molar-refractivity contribution in [2.24, 2.45) is 5.73 Å². The van der Waals surface area contributed by atoms with Gasteiger partial charge in [-0.2, -0.15) is 0 Å². The van der Waals surface area contributed by atoms with Crippen LogP contribution in [0.4, 0.5) is 4.79 Å². The normalized spacial score (nSPS) is 11.1. The first-order valence-corrected chi connectivity index (χ1v) is 23.5. The Hall–Kier alpha value is -5.63. The molecule has 5 aromatic rings. The summed E-state index contributed by atoms with van der Waals surface area (Å²) >= 11 is 0. The molecule has 0 bridgehead atoms. The molecule has 3 amide bonds. The summed E-state index contributed by atoms with van der Waals surface area (Å²) in [6.07, 6.45) is 10.5. The monoisotopic (exact) mass is 884 g/mol. The van der Waals surface area contributed by atoms with E-state index in [2.05, 4.69) is 70.5 Å². The minimum Gasteiger partial charge on any atom is -0.374 e. The Morgan fingerprint density at radius 1 is 0.857 bits per heavy atom. The van der Waals surface area contributed by atoms with Crippen molar-refractivity contribution in [3.8, 4) is 22.5 Å². The molecule has 0 radical (unpaired) electrons. The number of nitrogens with one attached hydrogen (secondary N) is 3. The Kier molecular flexibility index (Phi) is 26.7. The molecule has 63 heavy (non-hydrogen) atoms. The maximum atomic E-state index is 12.4. The van der Waals surface area contributed by atoms with Crippen LogP contribution in [-0.2, 0) is 32.4 Å². The second-order valence-corrected chi connectivity index (χ2v) is 15.7. The lowest BCUT2D eigenvalue weighted by Gasteiger charge is -2.10. The summed E-state index contributed by atoms with van der Waals surface area (Å²) in [5.74, 6) is 0. The third kappa shape index (κ3) is 18.7. The highest BCUT2D eigenvalue weighted by Crippen LogP contribution is 2.29. The number of benzene rings is 3. The summed E-state index contributed by atoms with van der Waals surface area (Å²) in [5.41, 5.74) is 15.7. The third-order valence-electron chi connectivity index (χ3n) is 9.11. The summed E-state index contributed by atoms with van der Waals surface area (Å²) in [6, 6.07) is 23.8. The van der Waals surface area contributed by atoms with Crippen LogP contribution in [-0.4, -0.2) is 68.1 Å². The number of carbonyl (C=O) groups is 2. The lowest BCUT2D eigenvalue weighted by Crippen LogP contribution is -2.40. The first-order valence-electron chi connectivity index (χ1n) is 22.0. The van der Waals surface area contributed by atoms with Gasteiger partial charge in [-0.1, -0.05) is 132 Å². The van der Waals surface area contributed by atoms with Crippen molar-refractivity contribution in [2.45, 2.75) is 113 Å². The number of nitrogens with zero attached hydrogens (tertiary/aromatic N) is 3. The smallest absolute Gasteiger partial charge is 0.328 e. The van der Waals surface area contributed by atoms with Gasteiger partial charge >= 0.3 is 6.03 Å². The molecule has 0 saturated heterocycles. The summed E-state index contributed by atoms with van der Waals surface area (Å²) < 4.78 is 34.5. The lowest BCUT2D eigenvalue weighted by molar-refractivity contribution is -0.109. The number of ether oxygens (including phenoxy) is 1. The van der Waals surface area contributed by atoms with Crippen molar-refractivity contribution in [1.82, 2.24) is 29.7 Å². The molecule has 0 aliphatic carbocycles. The van der Waals surface area contributed by atoms with E-state index in [0.717, 1.165) is 76.3 Å². The number of rotatable bonds is 17. The Bertz CT molecular complexity index is 2250. The van der Waals surface area contributed by atoms with Crippen LogP contribution in [0.15, 0.2) is 113 Å². The number of aromatic nitrogens is 3. The van der Waals surface area contributed by atoms with Crippen molar-refractivity contribution in [1.29, 1.82) is 0 Å². The summed E-state index contributed by atoms with van der Waals surface area (Å²) in [7, 11) is -2.43. The van der Waals surface area contributed by atoms with Gasteiger partial charge in [0, 0.05) is 30.4 Å². The maximum absolute atomic E-state index is 12.4. The fourth-order valence-electron chi connectivity index (χ4n) is 5.90. The van der Waals surface area contributed by atoms with Crippen molar-refractivity contribution in [3.05, 3.63) is 131 Å². The zero-order valence-corrected chi connectivity index (χ0v) is 40.5. The number of amides is 3. The van der Waals surface area contributed by atoms with Gasteiger partial charge in [-0.3, -0.25) is 9.20 Å². The quantitative estimate of drug-likeness (QED) is 0.0406. The third-order valence-corrected chi connectivity index (χ3v) is 10.5. The van der Waals surface area contributed by atoms with Crippen molar-refractivity contribution in [2.75, 3.05) is 26.7 Å². The summed E-state index contributed by atoms with van der Waals surface area (Å²) in [5, 5.41) is 5.30. The van der Waals surface area contributed by atoms with E-state index >= 15 is 0 Å². The Labute approximate surface area is 377 Å². The molecular formula is C50H73N7O5S. The largest absolute Gasteiger partial charge is 0.374 e. The molecule has 0 aliphatic rings. The van der Waals surface area contributed by atoms with Crippen LogP contribution in [0.25, 0.3) is 28.2 Å². The second-order valence-electron chi connectivity index (χ2n) is 14.0. The average molecular weight is 884 g/mol. The lowest BCUT2D eigenvalue weighted by atomic mass is 10.0. The van der Waals surface area contributed by atoms with E-state index in [9.17, 15) is 18.0 Å². The molecular weight excluding hydrogens is 811 g/mol. The Morgan fingerprint density at radius 3 is 2.06 bits per heavy atom. The van der Waals surface area contributed by atoms with E-state index in [-0.39, 0.29) is 17.5 Å². The zero-order chi connectivity index (χ0) is 47.4. The number of carbonyl (C=O) groups excluding carboxylic acids is 2. The Balaban J connectivity index is 0.000000728. The molecule has 5 N–H and O–H groups in total. The molecule has 0 saturated carbocycles. The SMILES string of the molecule is CC.CC.CC/C(=C\C=C(/C)COC(C)C)CCNC=O.CCc1nc2c(C)nc(-c3ccccc3)cn2c1-c1ccc(CCNC(=O)NS(=O)(=O)c2ccc(C)cc2)cc1.CN. The van der Waals surface area contributed by atoms with Gasteiger partial charge in [0.2, 0.25) is 6.41 Å². The number of urea groups is 1. The fourth-order valence-corrected chi connectivity index (χ4v) is 6.83. The van der Waals surface area contributed by atoms with Gasteiger partial charge < -0.3 is 21.1 Å². The minimum absolute atomic E-state index is 0.0459. The molecule has 344 valence electrons. The maximum Gasteiger partial charge on any atom is 0.328 e. The van der Waals surface area contributed by atoms with Gasteiger partial charge in [-0.05, 0) is 90.6 Å². The van der Waals surface area contributed by atoms with Gasteiger partial charge in [0.15, 0.2) is 5.65 Å². The predicted molar refractivity (Wildman–Crippen MR) is 261 cm³/mol. The van der Waals surface area contributed by atoms with E-state index in [4.69, 9.17) is 14.7 Å². The molecule has 2 aromatic heterocycles. The number of aryl methyl sites for hydroxylation is 3. The molecule has 3 aromatic carbocycles. The number of sulfonamides is 1. The molecule has 12 nitrogen and oxygen atoms in total.